The van der Waals surface area contributed by atoms with Gasteiger partial charge in [0.15, 0.2) is 0 Å². The zero-order valence-electron chi connectivity index (χ0n) is 15.5. The summed E-state index contributed by atoms with van der Waals surface area (Å²) in [5.74, 6) is 2.64. The van der Waals surface area contributed by atoms with Gasteiger partial charge in [-0.25, -0.2) is 0 Å². The Morgan fingerprint density at radius 3 is 2.68 bits per heavy atom. The van der Waals surface area contributed by atoms with Gasteiger partial charge in [0, 0.05) is 19.0 Å². The fourth-order valence-corrected chi connectivity index (χ4v) is 4.99. The molecule has 2 heteroatoms. The van der Waals surface area contributed by atoms with Crippen LogP contribution in [0.1, 0.15) is 41.0 Å². The highest BCUT2D eigenvalue weighted by molar-refractivity contribution is 5.49. The van der Waals surface area contributed by atoms with Crippen LogP contribution >= 0.6 is 0 Å². The zero-order chi connectivity index (χ0) is 17.2. The minimum Gasteiger partial charge on any atom is -0.496 e. The third-order valence-corrected chi connectivity index (χ3v) is 6.14. The van der Waals surface area contributed by atoms with E-state index in [-0.39, 0.29) is 0 Å². The molecule has 4 rings (SSSR count). The highest BCUT2D eigenvalue weighted by Gasteiger charge is 2.38. The first-order chi connectivity index (χ1) is 12.3. The Bertz CT molecular complexity index is 724. The van der Waals surface area contributed by atoms with Crippen molar-refractivity contribution < 1.29 is 4.74 Å². The van der Waals surface area contributed by atoms with Gasteiger partial charge in [0.25, 0.3) is 0 Å². The third kappa shape index (κ3) is 3.32. The maximum atomic E-state index is 5.70. The van der Waals surface area contributed by atoms with Crippen molar-refractivity contribution in [2.45, 2.75) is 38.0 Å². The standard InChI is InChI=1S/C23H29NO/c1-24-15-19-11-13-20-22(25-2)14-12-18(23(20)21(19)16-24)10-6-9-17-7-4-3-5-8-17/h3-5,7-8,12,14,19,21H,6,9-11,13,15-16H2,1-2H3. The average molecular weight is 335 g/mol. The molecule has 0 bridgehead atoms. The monoisotopic (exact) mass is 335 g/mol. The fraction of sp³-hybridized carbons (Fsp3) is 0.478. The molecule has 2 aromatic rings. The lowest BCUT2D eigenvalue weighted by Crippen LogP contribution is -2.21. The van der Waals surface area contributed by atoms with E-state index in [1.54, 1.807) is 11.1 Å². The van der Waals surface area contributed by atoms with Gasteiger partial charge in [-0.15, -0.1) is 0 Å². The number of ether oxygens (including phenoxy) is 1. The Labute approximate surface area is 151 Å². The van der Waals surface area contributed by atoms with Crippen molar-refractivity contribution in [3.63, 3.8) is 0 Å². The largest absolute Gasteiger partial charge is 0.496 e. The lowest BCUT2D eigenvalue weighted by molar-refractivity contribution is 0.378. The molecule has 1 saturated heterocycles. The SMILES string of the molecule is COc1ccc(CCCc2ccccc2)c2c1CCC1CN(C)CC21. The number of rotatable bonds is 5. The second-order valence-corrected chi connectivity index (χ2v) is 7.78. The van der Waals surface area contributed by atoms with Gasteiger partial charge in [-0.1, -0.05) is 36.4 Å². The highest BCUT2D eigenvalue weighted by Crippen LogP contribution is 2.45. The molecule has 2 atom stereocenters. The Morgan fingerprint density at radius 2 is 1.88 bits per heavy atom. The van der Waals surface area contributed by atoms with E-state index in [4.69, 9.17) is 4.74 Å². The topological polar surface area (TPSA) is 12.5 Å². The molecule has 25 heavy (non-hydrogen) atoms. The van der Waals surface area contributed by atoms with Crippen LogP contribution in [0.2, 0.25) is 0 Å². The van der Waals surface area contributed by atoms with Crippen molar-refractivity contribution in [3.05, 3.63) is 64.7 Å². The van der Waals surface area contributed by atoms with Gasteiger partial charge in [0.1, 0.15) is 5.75 Å². The van der Waals surface area contributed by atoms with Gasteiger partial charge in [0.2, 0.25) is 0 Å². The molecule has 0 N–H and O–H groups in total. The molecule has 2 unspecified atom stereocenters. The summed E-state index contributed by atoms with van der Waals surface area (Å²) in [6.45, 7) is 2.46. The molecule has 1 aliphatic carbocycles. The van der Waals surface area contributed by atoms with Gasteiger partial charge in [0.05, 0.1) is 7.11 Å². The first kappa shape index (κ1) is 16.7. The van der Waals surface area contributed by atoms with Crippen LogP contribution in [0.15, 0.2) is 42.5 Å². The van der Waals surface area contributed by atoms with E-state index < -0.39 is 0 Å². The molecule has 0 saturated carbocycles. The number of likely N-dealkylation sites (tertiary alicyclic amines) is 1. The van der Waals surface area contributed by atoms with Gasteiger partial charge in [-0.3, -0.25) is 0 Å². The molecule has 0 amide bonds. The Kier molecular flexibility index (Phi) is 4.80. The summed E-state index contributed by atoms with van der Waals surface area (Å²) in [7, 11) is 4.09. The quantitative estimate of drug-likeness (QED) is 0.800. The predicted molar refractivity (Wildman–Crippen MR) is 104 cm³/mol. The van der Waals surface area contributed by atoms with Crippen LogP contribution in [0.5, 0.6) is 5.75 Å². The smallest absolute Gasteiger partial charge is 0.122 e. The Hall–Kier alpha value is -1.80. The molecule has 1 heterocycles. The number of hydrogen-bond acceptors (Lipinski definition) is 2. The molecule has 0 radical (unpaired) electrons. The van der Waals surface area contributed by atoms with Crippen LogP contribution in [0.3, 0.4) is 0 Å². The predicted octanol–water partition coefficient (Wildman–Crippen LogP) is 4.46. The zero-order valence-corrected chi connectivity index (χ0v) is 15.5. The lowest BCUT2D eigenvalue weighted by atomic mass is 9.74. The van der Waals surface area contributed by atoms with Crippen LogP contribution in [-0.2, 0) is 19.3 Å². The van der Waals surface area contributed by atoms with Gasteiger partial charge >= 0.3 is 0 Å². The molecule has 0 aromatic heterocycles. The summed E-state index contributed by atoms with van der Waals surface area (Å²) in [5, 5.41) is 0. The Morgan fingerprint density at radius 1 is 1.04 bits per heavy atom. The molecular weight excluding hydrogens is 306 g/mol. The van der Waals surface area contributed by atoms with E-state index in [1.165, 1.54) is 49.9 Å². The number of methoxy groups -OCH3 is 1. The van der Waals surface area contributed by atoms with E-state index in [2.05, 4.69) is 54.4 Å². The summed E-state index contributed by atoms with van der Waals surface area (Å²) in [5.41, 5.74) is 6.14. The van der Waals surface area contributed by atoms with Crippen LogP contribution in [-0.4, -0.2) is 32.1 Å². The second kappa shape index (κ2) is 7.21. The molecule has 1 aliphatic heterocycles. The van der Waals surface area contributed by atoms with Gasteiger partial charge < -0.3 is 9.64 Å². The molecule has 2 nitrogen and oxygen atoms in total. The minimum atomic E-state index is 0.704. The number of hydrogen-bond donors (Lipinski definition) is 0. The fourth-order valence-electron chi connectivity index (χ4n) is 4.99. The minimum absolute atomic E-state index is 0.704. The van der Waals surface area contributed by atoms with Crippen molar-refractivity contribution in [1.29, 1.82) is 0 Å². The van der Waals surface area contributed by atoms with Crippen molar-refractivity contribution >= 4 is 0 Å². The summed E-state index contributed by atoms with van der Waals surface area (Å²) >= 11 is 0. The second-order valence-electron chi connectivity index (χ2n) is 7.78. The highest BCUT2D eigenvalue weighted by atomic mass is 16.5. The molecule has 132 valence electrons. The first-order valence-electron chi connectivity index (χ1n) is 9.67. The van der Waals surface area contributed by atoms with Crippen LogP contribution in [0, 0.1) is 5.92 Å². The molecule has 2 aliphatic rings. The van der Waals surface area contributed by atoms with Crippen LogP contribution in [0.25, 0.3) is 0 Å². The molecular formula is C23H29NO. The van der Waals surface area contributed by atoms with Gasteiger partial charge in [-0.05, 0) is 73.4 Å². The van der Waals surface area contributed by atoms with Crippen molar-refractivity contribution in [1.82, 2.24) is 4.90 Å². The van der Waals surface area contributed by atoms with Crippen LogP contribution in [0.4, 0.5) is 0 Å². The maximum Gasteiger partial charge on any atom is 0.122 e. The molecule has 2 aromatic carbocycles. The summed E-state index contributed by atoms with van der Waals surface area (Å²) in [4.78, 5) is 2.51. The summed E-state index contributed by atoms with van der Waals surface area (Å²) < 4.78 is 5.70. The van der Waals surface area contributed by atoms with E-state index in [1.807, 2.05) is 7.11 Å². The third-order valence-electron chi connectivity index (χ3n) is 6.14. The van der Waals surface area contributed by atoms with E-state index in [0.717, 1.165) is 18.1 Å². The normalized spacial score (nSPS) is 22.5. The van der Waals surface area contributed by atoms with E-state index in [9.17, 15) is 0 Å². The number of benzene rings is 2. The van der Waals surface area contributed by atoms with Crippen molar-refractivity contribution in [2.24, 2.45) is 5.92 Å². The Balaban J connectivity index is 1.58. The maximum absolute atomic E-state index is 5.70. The molecule has 1 fully saturated rings. The number of aryl methyl sites for hydroxylation is 2. The molecule has 0 spiro atoms. The van der Waals surface area contributed by atoms with E-state index >= 15 is 0 Å². The number of fused-ring (bicyclic) bond motifs is 3. The van der Waals surface area contributed by atoms with Gasteiger partial charge in [-0.2, -0.15) is 0 Å². The lowest BCUT2D eigenvalue weighted by Gasteiger charge is -2.31. The summed E-state index contributed by atoms with van der Waals surface area (Å²) in [6, 6.07) is 15.4. The first-order valence-corrected chi connectivity index (χ1v) is 9.67. The van der Waals surface area contributed by atoms with Crippen molar-refractivity contribution in [3.8, 4) is 5.75 Å². The average Bonchev–Trinajstić information content (AvgIpc) is 3.03. The van der Waals surface area contributed by atoms with E-state index in [0.29, 0.717) is 5.92 Å². The number of nitrogens with zero attached hydrogens (tertiary/aromatic N) is 1. The van der Waals surface area contributed by atoms with Crippen LogP contribution < -0.4 is 4.74 Å². The van der Waals surface area contributed by atoms with Crippen molar-refractivity contribution in [2.75, 3.05) is 27.2 Å². The summed E-state index contributed by atoms with van der Waals surface area (Å²) in [6.07, 6.45) is 6.05. The number of likely N-dealkylation sites (N-methyl/N-ethyl adjacent to an activating group) is 1.